The summed E-state index contributed by atoms with van der Waals surface area (Å²) in [6, 6.07) is 5.35. The standard InChI is InChI=1S/C18H28N2O3/c1-12-7-8-15(13(2)11-12)23-10-9-16(21)19-14(3)17(22)20-18(4,5)6/h7-8,11,14H,9-10H2,1-6H3,(H,19,21)(H,20,22). The summed E-state index contributed by atoms with van der Waals surface area (Å²) in [6.45, 7) is 11.6. The van der Waals surface area contributed by atoms with E-state index >= 15 is 0 Å². The van der Waals surface area contributed by atoms with Crippen LogP contribution in [0, 0.1) is 13.8 Å². The Bertz CT molecular complexity index is 562. The fourth-order valence-corrected chi connectivity index (χ4v) is 2.07. The summed E-state index contributed by atoms with van der Waals surface area (Å²) in [5, 5.41) is 5.52. The van der Waals surface area contributed by atoms with Crippen molar-refractivity contribution >= 4 is 11.8 Å². The van der Waals surface area contributed by atoms with Crippen LogP contribution >= 0.6 is 0 Å². The van der Waals surface area contributed by atoms with Crippen molar-refractivity contribution in [2.75, 3.05) is 6.61 Å². The lowest BCUT2D eigenvalue weighted by Crippen LogP contribution is -2.50. The van der Waals surface area contributed by atoms with E-state index in [0.29, 0.717) is 0 Å². The van der Waals surface area contributed by atoms with Gasteiger partial charge >= 0.3 is 0 Å². The predicted molar refractivity (Wildman–Crippen MR) is 91.5 cm³/mol. The summed E-state index contributed by atoms with van der Waals surface area (Å²) in [6.07, 6.45) is 0.209. The van der Waals surface area contributed by atoms with E-state index in [0.717, 1.165) is 11.3 Å². The van der Waals surface area contributed by atoms with Crippen LogP contribution in [-0.2, 0) is 9.59 Å². The second kappa shape index (κ2) is 7.99. The van der Waals surface area contributed by atoms with Crippen LogP contribution in [-0.4, -0.2) is 30.0 Å². The lowest BCUT2D eigenvalue weighted by molar-refractivity contribution is -0.129. The first-order valence-corrected chi connectivity index (χ1v) is 7.90. The molecule has 1 rings (SSSR count). The van der Waals surface area contributed by atoms with Gasteiger partial charge in [0, 0.05) is 5.54 Å². The molecule has 0 fully saturated rings. The number of carbonyl (C=O) groups is 2. The molecule has 128 valence electrons. The average molecular weight is 320 g/mol. The van der Waals surface area contributed by atoms with Crippen molar-refractivity contribution in [3.8, 4) is 5.75 Å². The van der Waals surface area contributed by atoms with Gasteiger partial charge in [-0.05, 0) is 53.2 Å². The van der Waals surface area contributed by atoms with Crippen LogP contribution in [0.1, 0.15) is 45.2 Å². The Kier molecular flexibility index (Phi) is 6.61. The maximum absolute atomic E-state index is 11.9. The molecule has 1 aromatic carbocycles. The summed E-state index contributed by atoms with van der Waals surface area (Å²) >= 11 is 0. The number of benzene rings is 1. The van der Waals surface area contributed by atoms with Crippen LogP contribution in [0.25, 0.3) is 0 Å². The van der Waals surface area contributed by atoms with Gasteiger partial charge in [0.25, 0.3) is 0 Å². The Labute approximate surface area is 138 Å². The highest BCUT2D eigenvalue weighted by Crippen LogP contribution is 2.18. The molecule has 0 aromatic heterocycles. The summed E-state index contributed by atoms with van der Waals surface area (Å²) in [4.78, 5) is 23.8. The molecule has 1 aromatic rings. The third-order valence-corrected chi connectivity index (χ3v) is 3.19. The molecule has 0 aliphatic heterocycles. The van der Waals surface area contributed by atoms with Crippen molar-refractivity contribution in [3.05, 3.63) is 29.3 Å². The third-order valence-electron chi connectivity index (χ3n) is 3.19. The quantitative estimate of drug-likeness (QED) is 0.846. The number of rotatable bonds is 6. The first-order chi connectivity index (χ1) is 10.6. The molecular weight excluding hydrogens is 292 g/mol. The molecule has 2 N–H and O–H groups in total. The first kappa shape index (κ1) is 19.0. The van der Waals surface area contributed by atoms with Crippen molar-refractivity contribution in [1.29, 1.82) is 0 Å². The number of carbonyl (C=O) groups excluding carboxylic acids is 2. The molecular formula is C18H28N2O3. The van der Waals surface area contributed by atoms with Crippen LogP contribution < -0.4 is 15.4 Å². The number of hydrogen-bond donors (Lipinski definition) is 2. The smallest absolute Gasteiger partial charge is 0.242 e. The monoisotopic (exact) mass is 320 g/mol. The average Bonchev–Trinajstić information content (AvgIpc) is 2.39. The van der Waals surface area contributed by atoms with Gasteiger partial charge in [-0.25, -0.2) is 0 Å². The van der Waals surface area contributed by atoms with E-state index in [9.17, 15) is 9.59 Å². The van der Waals surface area contributed by atoms with Crippen LogP contribution in [0.3, 0.4) is 0 Å². The van der Waals surface area contributed by atoms with Gasteiger partial charge in [0.05, 0.1) is 13.0 Å². The van der Waals surface area contributed by atoms with Gasteiger partial charge < -0.3 is 15.4 Å². The lowest BCUT2D eigenvalue weighted by Gasteiger charge is -2.23. The minimum atomic E-state index is -0.567. The zero-order valence-corrected chi connectivity index (χ0v) is 14.9. The van der Waals surface area contributed by atoms with E-state index < -0.39 is 6.04 Å². The van der Waals surface area contributed by atoms with Crippen molar-refractivity contribution < 1.29 is 14.3 Å². The second-order valence-corrected chi connectivity index (χ2v) is 6.90. The molecule has 0 bridgehead atoms. The number of ether oxygens (including phenoxy) is 1. The van der Waals surface area contributed by atoms with Gasteiger partial charge in [-0.1, -0.05) is 17.7 Å². The molecule has 5 nitrogen and oxygen atoms in total. The molecule has 23 heavy (non-hydrogen) atoms. The van der Waals surface area contributed by atoms with E-state index in [1.165, 1.54) is 5.56 Å². The van der Waals surface area contributed by atoms with Crippen LogP contribution in [0.4, 0.5) is 0 Å². The van der Waals surface area contributed by atoms with Gasteiger partial charge in [0.2, 0.25) is 11.8 Å². The van der Waals surface area contributed by atoms with Crippen LogP contribution in [0.2, 0.25) is 0 Å². The zero-order valence-electron chi connectivity index (χ0n) is 14.9. The fraction of sp³-hybridized carbons (Fsp3) is 0.556. The number of amides is 2. The highest BCUT2D eigenvalue weighted by Gasteiger charge is 2.20. The maximum Gasteiger partial charge on any atom is 0.242 e. The summed E-state index contributed by atoms with van der Waals surface area (Å²) in [5.41, 5.74) is 1.90. The van der Waals surface area contributed by atoms with Crippen molar-refractivity contribution in [1.82, 2.24) is 10.6 Å². The van der Waals surface area contributed by atoms with E-state index in [-0.39, 0.29) is 30.4 Å². The molecule has 1 unspecified atom stereocenters. The number of nitrogens with one attached hydrogen (secondary N) is 2. The Morgan fingerprint density at radius 2 is 1.87 bits per heavy atom. The van der Waals surface area contributed by atoms with Crippen LogP contribution in [0.15, 0.2) is 18.2 Å². The van der Waals surface area contributed by atoms with E-state index in [1.807, 2.05) is 52.8 Å². The zero-order chi connectivity index (χ0) is 17.6. The molecule has 0 saturated carbocycles. The minimum Gasteiger partial charge on any atom is -0.493 e. The highest BCUT2D eigenvalue weighted by molar-refractivity contribution is 5.87. The maximum atomic E-state index is 11.9. The molecule has 0 radical (unpaired) electrons. The first-order valence-electron chi connectivity index (χ1n) is 7.90. The van der Waals surface area contributed by atoms with Gasteiger partial charge in [0.1, 0.15) is 11.8 Å². The van der Waals surface area contributed by atoms with Gasteiger partial charge in [-0.2, -0.15) is 0 Å². The molecule has 5 heteroatoms. The Hall–Kier alpha value is -2.04. The van der Waals surface area contributed by atoms with Gasteiger partial charge in [-0.15, -0.1) is 0 Å². The van der Waals surface area contributed by atoms with Crippen molar-refractivity contribution in [2.24, 2.45) is 0 Å². The summed E-state index contributed by atoms with van der Waals surface area (Å²) in [5.74, 6) is 0.384. The fourth-order valence-electron chi connectivity index (χ4n) is 2.07. The Morgan fingerprint density at radius 3 is 2.43 bits per heavy atom. The summed E-state index contributed by atoms with van der Waals surface area (Å²) in [7, 11) is 0. The SMILES string of the molecule is Cc1ccc(OCCC(=O)NC(C)C(=O)NC(C)(C)C)c(C)c1. The van der Waals surface area contributed by atoms with E-state index in [4.69, 9.17) is 4.74 Å². The van der Waals surface area contributed by atoms with Crippen molar-refractivity contribution in [3.63, 3.8) is 0 Å². The predicted octanol–water partition coefficient (Wildman–Crippen LogP) is 2.49. The largest absolute Gasteiger partial charge is 0.493 e. The van der Waals surface area contributed by atoms with Gasteiger partial charge in [-0.3, -0.25) is 9.59 Å². The van der Waals surface area contributed by atoms with Crippen molar-refractivity contribution in [2.45, 2.75) is 59.5 Å². The summed E-state index contributed by atoms with van der Waals surface area (Å²) < 4.78 is 5.62. The second-order valence-electron chi connectivity index (χ2n) is 6.90. The molecule has 0 spiro atoms. The van der Waals surface area contributed by atoms with E-state index in [2.05, 4.69) is 10.6 Å². The van der Waals surface area contributed by atoms with Crippen LogP contribution in [0.5, 0.6) is 5.75 Å². The number of aryl methyl sites for hydroxylation is 2. The number of hydrogen-bond acceptors (Lipinski definition) is 3. The Morgan fingerprint density at radius 1 is 1.22 bits per heavy atom. The molecule has 1 atom stereocenters. The van der Waals surface area contributed by atoms with E-state index in [1.54, 1.807) is 6.92 Å². The lowest BCUT2D eigenvalue weighted by atomic mass is 10.1. The molecule has 0 heterocycles. The highest BCUT2D eigenvalue weighted by atomic mass is 16.5. The minimum absolute atomic E-state index is 0.193. The molecule has 0 aliphatic rings. The molecule has 0 aliphatic carbocycles. The normalized spacial score (nSPS) is 12.4. The van der Waals surface area contributed by atoms with Gasteiger partial charge in [0.15, 0.2) is 0 Å². The third kappa shape index (κ3) is 7.17. The Balaban J connectivity index is 2.38. The molecule has 2 amide bonds. The molecule has 0 saturated heterocycles. The topological polar surface area (TPSA) is 67.4 Å².